The van der Waals surface area contributed by atoms with Gasteiger partial charge in [0.1, 0.15) is 5.69 Å². The summed E-state index contributed by atoms with van der Waals surface area (Å²) < 4.78 is 37.8. The molecule has 7 heteroatoms. The molecule has 3 rings (SSSR count). The van der Waals surface area contributed by atoms with Gasteiger partial charge in [-0.1, -0.05) is 6.07 Å². The molecule has 0 saturated carbocycles. The van der Waals surface area contributed by atoms with Gasteiger partial charge in [-0.25, -0.2) is 4.98 Å². The number of nitrogens with zero attached hydrogens (tertiary/aromatic N) is 4. The zero-order valence-electron chi connectivity index (χ0n) is 13.5. The van der Waals surface area contributed by atoms with Gasteiger partial charge in [-0.2, -0.15) is 18.4 Å². The highest BCUT2D eigenvalue weighted by atomic mass is 19.4. The largest absolute Gasteiger partial charge is 0.433 e. The molecule has 1 aliphatic rings. The molecule has 2 aromatic heterocycles. The van der Waals surface area contributed by atoms with Crippen molar-refractivity contribution in [3.8, 4) is 6.07 Å². The molecule has 0 aliphatic carbocycles. The Morgan fingerprint density at radius 2 is 1.92 bits per heavy atom. The molecule has 0 unspecified atom stereocenters. The summed E-state index contributed by atoms with van der Waals surface area (Å²) >= 11 is 0. The molecule has 0 amide bonds. The Balaban J connectivity index is 1.67. The number of hydrogen-bond donors (Lipinski definition) is 0. The maximum atomic E-state index is 12.6. The zero-order valence-corrected chi connectivity index (χ0v) is 13.5. The van der Waals surface area contributed by atoms with Crippen LogP contribution in [-0.2, 0) is 12.6 Å². The number of alkyl halides is 3. The molecule has 1 saturated heterocycles. The average Bonchev–Trinajstić information content (AvgIpc) is 2.63. The Morgan fingerprint density at radius 1 is 1.16 bits per heavy atom. The number of piperidine rings is 1. The maximum absolute atomic E-state index is 12.6. The second-order valence-corrected chi connectivity index (χ2v) is 6.32. The fourth-order valence-electron chi connectivity index (χ4n) is 3.16. The minimum absolute atomic E-state index is 0.459. The quantitative estimate of drug-likeness (QED) is 0.847. The van der Waals surface area contributed by atoms with Crippen LogP contribution in [0.1, 0.15) is 24.1 Å². The minimum Gasteiger partial charge on any atom is -0.370 e. The van der Waals surface area contributed by atoms with Gasteiger partial charge in [0.15, 0.2) is 0 Å². The molecule has 0 atom stereocenters. The van der Waals surface area contributed by atoms with Gasteiger partial charge in [-0.05, 0) is 43.0 Å². The lowest BCUT2D eigenvalue weighted by Crippen LogP contribution is -2.40. The van der Waals surface area contributed by atoms with Crippen LogP contribution >= 0.6 is 0 Å². The zero-order chi connectivity index (χ0) is 17.9. The van der Waals surface area contributed by atoms with E-state index in [4.69, 9.17) is 0 Å². The van der Waals surface area contributed by atoms with Gasteiger partial charge in [0.2, 0.25) is 0 Å². The Bertz CT molecular complexity index is 743. The molecule has 0 spiro atoms. The van der Waals surface area contributed by atoms with E-state index in [0.29, 0.717) is 38.0 Å². The molecule has 1 aliphatic heterocycles. The monoisotopic (exact) mass is 346 g/mol. The van der Waals surface area contributed by atoms with Crippen LogP contribution in [0.15, 0.2) is 42.9 Å². The van der Waals surface area contributed by atoms with Gasteiger partial charge >= 0.3 is 6.18 Å². The highest BCUT2D eigenvalue weighted by molar-refractivity contribution is 5.45. The highest BCUT2D eigenvalue weighted by Gasteiger charge is 2.36. The van der Waals surface area contributed by atoms with E-state index in [1.54, 1.807) is 12.4 Å². The lowest BCUT2D eigenvalue weighted by Gasteiger charge is -2.38. The molecular weight excluding hydrogens is 329 g/mol. The highest BCUT2D eigenvalue weighted by Crippen LogP contribution is 2.36. The van der Waals surface area contributed by atoms with Gasteiger partial charge in [0.05, 0.1) is 23.4 Å². The van der Waals surface area contributed by atoms with Gasteiger partial charge in [0, 0.05) is 25.5 Å². The third-order valence-corrected chi connectivity index (χ3v) is 4.63. The topological polar surface area (TPSA) is 52.8 Å². The molecule has 0 N–H and O–H groups in total. The minimum atomic E-state index is -4.43. The van der Waals surface area contributed by atoms with Crippen LogP contribution in [0, 0.1) is 16.7 Å². The smallest absolute Gasteiger partial charge is 0.370 e. The predicted molar refractivity (Wildman–Crippen MR) is 86.7 cm³/mol. The Labute approximate surface area is 143 Å². The van der Waals surface area contributed by atoms with Gasteiger partial charge in [0.25, 0.3) is 0 Å². The number of hydrogen-bond acceptors (Lipinski definition) is 4. The fourth-order valence-corrected chi connectivity index (χ4v) is 3.16. The van der Waals surface area contributed by atoms with Crippen LogP contribution < -0.4 is 4.90 Å². The van der Waals surface area contributed by atoms with Crippen LogP contribution in [0.5, 0.6) is 0 Å². The average molecular weight is 346 g/mol. The number of rotatable bonds is 3. The second kappa shape index (κ2) is 6.71. The van der Waals surface area contributed by atoms with Crippen molar-refractivity contribution in [2.45, 2.75) is 25.4 Å². The first-order valence-corrected chi connectivity index (χ1v) is 8.00. The molecular formula is C18H17F3N4. The SMILES string of the molecule is N#CC1(Cc2cccnc2)CCN(c2ccc(C(F)(F)F)nc2)CC1. The van der Waals surface area contributed by atoms with E-state index < -0.39 is 17.3 Å². The summed E-state index contributed by atoms with van der Waals surface area (Å²) in [4.78, 5) is 9.57. The number of halogens is 3. The van der Waals surface area contributed by atoms with E-state index in [2.05, 4.69) is 16.0 Å². The summed E-state index contributed by atoms with van der Waals surface area (Å²) in [5.41, 5.74) is 0.324. The van der Waals surface area contributed by atoms with Crippen molar-refractivity contribution in [2.24, 2.45) is 5.41 Å². The molecule has 130 valence electrons. The first kappa shape index (κ1) is 17.2. The predicted octanol–water partition coefficient (Wildman–Crippen LogP) is 3.85. The first-order valence-electron chi connectivity index (χ1n) is 8.00. The van der Waals surface area contributed by atoms with Gasteiger partial charge in [-0.15, -0.1) is 0 Å². The third-order valence-electron chi connectivity index (χ3n) is 4.63. The number of nitriles is 1. The molecule has 25 heavy (non-hydrogen) atoms. The molecule has 4 nitrogen and oxygen atoms in total. The van der Waals surface area contributed by atoms with Crippen LogP contribution in [-0.4, -0.2) is 23.1 Å². The van der Waals surface area contributed by atoms with E-state index in [9.17, 15) is 18.4 Å². The summed E-state index contributed by atoms with van der Waals surface area (Å²) in [6.45, 7) is 1.22. The van der Waals surface area contributed by atoms with Crippen molar-refractivity contribution in [2.75, 3.05) is 18.0 Å². The van der Waals surface area contributed by atoms with E-state index in [0.717, 1.165) is 11.6 Å². The van der Waals surface area contributed by atoms with E-state index in [1.807, 2.05) is 17.0 Å². The van der Waals surface area contributed by atoms with Crippen LogP contribution in [0.4, 0.5) is 18.9 Å². The lowest BCUT2D eigenvalue weighted by molar-refractivity contribution is -0.141. The summed E-state index contributed by atoms with van der Waals surface area (Å²) in [5.74, 6) is 0. The molecule has 0 radical (unpaired) electrons. The number of anilines is 1. The van der Waals surface area contributed by atoms with Crippen molar-refractivity contribution >= 4 is 5.69 Å². The molecule has 0 aromatic carbocycles. The molecule has 2 aromatic rings. The second-order valence-electron chi connectivity index (χ2n) is 6.32. The van der Waals surface area contributed by atoms with Crippen LogP contribution in [0.3, 0.4) is 0 Å². The van der Waals surface area contributed by atoms with Crippen molar-refractivity contribution in [3.05, 3.63) is 54.1 Å². The maximum Gasteiger partial charge on any atom is 0.433 e. The summed E-state index contributed by atoms with van der Waals surface area (Å²) in [6, 6.07) is 8.69. The van der Waals surface area contributed by atoms with Crippen molar-refractivity contribution in [1.29, 1.82) is 5.26 Å². The third kappa shape index (κ3) is 3.90. The van der Waals surface area contributed by atoms with Crippen molar-refractivity contribution < 1.29 is 13.2 Å². The van der Waals surface area contributed by atoms with Gasteiger partial charge < -0.3 is 4.90 Å². The Hall–Kier alpha value is -2.62. The van der Waals surface area contributed by atoms with E-state index in [1.165, 1.54) is 12.3 Å². The number of aromatic nitrogens is 2. The Kier molecular flexibility index (Phi) is 4.62. The molecule has 3 heterocycles. The van der Waals surface area contributed by atoms with Crippen LogP contribution in [0.25, 0.3) is 0 Å². The van der Waals surface area contributed by atoms with Gasteiger partial charge in [-0.3, -0.25) is 4.98 Å². The van der Waals surface area contributed by atoms with Crippen LogP contribution in [0.2, 0.25) is 0 Å². The fraction of sp³-hybridized carbons (Fsp3) is 0.389. The van der Waals surface area contributed by atoms with E-state index in [-0.39, 0.29) is 0 Å². The summed E-state index contributed by atoms with van der Waals surface area (Å²) in [6.07, 6.45) is 2.23. The first-order chi connectivity index (χ1) is 11.9. The Morgan fingerprint density at radius 3 is 2.44 bits per heavy atom. The molecule has 1 fully saturated rings. The van der Waals surface area contributed by atoms with Crippen molar-refractivity contribution in [3.63, 3.8) is 0 Å². The normalized spacial score (nSPS) is 17.1. The summed E-state index contributed by atoms with van der Waals surface area (Å²) in [7, 11) is 0. The van der Waals surface area contributed by atoms with Crippen molar-refractivity contribution in [1.82, 2.24) is 9.97 Å². The summed E-state index contributed by atoms with van der Waals surface area (Å²) in [5, 5.41) is 9.66. The van der Waals surface area contributed by atoms with E-state index >= 15 is 0 Å². The molecule has 0 bridgehead atoms. The lowest BCUT2D eigenvalue weighted by atomic mass is 9.75. The standard InChI is InChI=1S/C18H17F3N4/c19-18(20,21)16-4-3-15(12-24-16)25-8-5-17(13-22,6-9-25)10-14-2-1-7-23-11-14/h1-4,7,11-12H,5-6,8-10H2. The number of pyridine rings is 2.